The van der Waals surface area contributed by atoms with Crippen LogP contribution >= 0.6 is 0 Å². The van der Waals surface area contributed by atoms with E-state index in [1.54, 1.807) is 20.1 Å². The molecule has 0 aliphatic heterocycles. The van der Waals surface area contributed by atoms with Crippen LogP contribution < -0.4 is 5.32 Å². The van der Waals surface area contributed by atoms with Crippen LogP contribution in [0.15, 0.2) is 0 Å². The maximum Gasteiger partial charge on any atom is 0.153 e. The van der Waals surface area contributed by atoms with E-state index in [4.69, 9.17) is 0 Å². The Morgan fingerprint density at radius 2 is 1.87 bits per heavy atom. The highest BCUT2D eigenvalue weighted by atomic mass is 32.2. The van der Waals surface area contributed by atoms with Gasteiger partial charge in [-0.1, -0.05) is 0 Å². The van der Waals surface area contributed by atoms with Crippen LogP contribution in [0.4, 0.5) is 0 Å². The second kappa shape index (κ2) is 7.35. The molecule has 0 aliphatic carbocycles. The minimum atomic E-state index is -2.92. The Kier molecular flexibility index (Phi) is 7.38. The van der Waals surface area contributed by atoms with Crippen LogP contribution in [0.3, 0.4) is 0 Å². The van der Waals surface area contributed by atoms with Crippen molar-refractivity contribution >= 4 is 20.6 Å². The molecule has 0 fully saturated rings. The molecule has 15 heavy (non-hydrogen) atoms. The van der Waals surface area contributed by atoms with Crippen molar-refractivity contribution in [2.75, 3.05) is 30.9 Å². The highest BCUT2D eigenvalue weighted by molar-refractivity contribution is 7.92. The van der Waals surface area contributed by atoms with Crippen LogP contribution in [0.5, 0.6) is 0 Å². The van der Waals surface area contributed by atoms with Crippen LogP contribution in [0, 0.1) is 0 Å². The third-order valence-corrected chi connectivity index (χ3v) is 5.14. The Bertz CT molecular complexity index is 286. The summed E-state index contributed by atoms with van der Waals surface area (Å²) < 4.78 is 33.5. The van der Waals surface area contributed by atoms with Crippen molar-refractivity contribution < 1.29 is 12.6 Å². The second-order valence-corrected chi connectivity index (χ2v) is 8.03. The van der Waals surface area contributed by atoms with Gasteiger partial charge in [-0.3, -0.25) is 4.21 Å². The summed E-state index contributed by atoms with van der Waals surface area (Å²) in [6.07, 6.45) is 2.49. The van der Waals surface area contributed by atoms with E-state index in [0.29, 0.717) is 12.3 Å². The molecule has 0 aromatic heterocycles. The van der Waals surface area contributed by atoms with Gasteiger partial charge in [-0.15, -0.1) is 0 Å². The first kappa shape index (κ1) is 15.1. The molecule has 4 nitrogen and oxygen atoms in total. The quantitative estimate of drug-likeness (QED) is 0.628. The van der Waals surface area contributed by atoms with Crippen molar-refractivity contribution in [3.05, 3.63) is 0 Å². The molecule has 92 valence electrons. The van der Waals surface area contributed by atoms with Crippen LogP contribution in [-0.4, -0.2) is 48.7 Å². The highest BCUT2D eigenvalue weighted by Gasteiger charge is 2.14. The van der Waals surface area contributed by atoms with Crippen LogP contribution in [0.2, 0.25) is 0 Å². The van der Waals surface area contributed by atoms with E-state index in [2.05, 4.69) is 5.32 Å². The Morgan fingerprint density at radius 3 is 2.33 bits per heavy atom. The van der Waals surface area contributed by atoms with E-state index in [1.165, 1.54) is 0 Å². The number of sulfone groups is 1. The van der Waals surface area contributed by atoms with Gasteiger partial charge in [0.2, 0.25) is 0 Å². The van der Waals surface area contributed by atoms with Crippen molar-refractivity contribution in [1.82, 2.24) is 5.32 Å². The summed E-state index contributed by atoms with van der Waals surface area (Å²) >= 11 is 0. The molecular formula is C9H21NO3S2. The summed E-state index contributed by atoms with van der Waals surface area (Å²) in [6, 6.07) is 0. The van der Waals surface area contributed by atoms with Gasteiger partial charge >= 0.3 is 0 Å². The zero-order chi connectivity index (χ0) is 11.9. The Balaban J connectivity index is 3.51. The molecule has 0 aromatic rings. The predicted molar refractivity (Wildman–Crippen MR) is 65.3 cm³/mol. The van der Waals surface area contributed by atoms with Crippen LogP contribution in [-0.2, 0) is 20.6 Å². The topological polar surface area (TPSA) is 63.2 Å². The van der Waals surface area contributed by atoms with Gasteiger partial charge in [-0.25, -0.2) is 8.42 Å². The molecule has 0 spiro atoms. The molecule has 0 amide bonds. The van der Waals surface area contributed by atoms with Gasteiger partial charge in [-0.05, 0) is 26.8 Å². The maximum absolute atomic E-state index is 11.4. The summed E-state index contributed by atoms with van der Waals surface area (Å²) in [5.74, 6) is 0.851. The maximum atomic E-state index is 11.4. The molecule has 1 N–H and O–H groups in total. The highest BCUT2D eigenvalue weighted by Crippen LogP contribution is 1.98. The lowest BCUT2D eigenvalue weighted by atomic mass is 10.5. The molecule has 0 aromatic carbocycles. The fourth-order valence-corrected chi connectivity index (χ4v) is 2.43. The van der Waals surface area contributed by atoms with E-state index >= 15 is 0 Å². The predicted octanol–water partition coefficient (Wildman–Crippen LogP) is 0.168. The molecule has 1 atom stereocenters. The first-order valence-electron chi connectivity index (χ1n) is 5.08. The first-order valence-corrected chi connectivity index (χ1v) is 8.53. The normalized spacial score (nSPS) is 14.4. The zero-order valence-electron chi connectivity index (χ0n) is 9.65. The monoisotopic (exact) mass is 255 g/mol. The molecule has 6 heteroatoms. The first-order chi connectivity index (χ1) is 6.86. The summed E-state index contributed by atoms with van der Waals surface area (Å²) in [4.78, 5) is 0. The summed E-state index contributed by atoms with van der Waals surface area (Å²) in [7, 11) is -3.68. The van der Waals surface area contributed by atoms with E-state index < -0.39 is 20.6 Å². The molecule has 0 bridgehead atoms. The minimum Gasteiger partial charge on any atom is -0.316 e. The molecule has 1 unspecified atom stereocenters. The Morgan fingerprint density at radius 1 is 1.27 bits per heavy atom. The van der Waals surface area contributed by atoms with Crippen molar-refractivity contribution in [2.45, 2.75) is 25.5 Å². The lowest BCUT2D eigenvalue weighted by Gasteiger charge is -2.08. The second-order valence-electron chi connectivity index (χ2n) is 3.80. The molecular weight excluding hydrogens is 234 g/mol. The molecule has 0 aliphatic rings. The molecule has 0 saturated carbocycles. The number of rotatable bonds is 8. The average molecular weight is 255 g/mol. The lowest BCUT2D eigenvalue weighted by Crippen LogP contribution is -2.28. The average Bonchev–Trinajstić information content (AvgIpc) is 2.10. The van der Waals surface area contributed by atoms with Gasteiger partial charge in [0, 0.05) is 29.4 Å². The van der Waals surface area contributed by atoms with Gasteiger partial charge in [0.15, 0.2) is 9.84 Å². The molecule has 0 saturated heterocycles. The van der Waals surface area contributed by atoms with Crippen molar-refractivity contribution in [3.8, 4) is 0 Å². The standard InChI is InChI=1S/C9H21NO3S2/c1-9(2)15(12,13)8-6-10-5-4-7-14(3)11/h9-10H,4-8H2,1-3H3. The van der Waals surface area contributed by atoms with Crippen molar-refractivity contribution in [3.63, 3.8) is 0 Å². The SMILES string of the molecule is CC(C)S(=O)(=O)CCNCCCS(C)=O. The van der Waals surface area contributed by atoms with E-state index in [-0.39, 0.29) is 11.0 Å². The fourth-order valence-electron chi connectivity index (χ4n) is 0.976. The van der Waals surface area contributed by atoms with E-state index in [9.17, 15) is 12.6 Å². The summed E-state index contributed by atoms with van der Waals surface area (Å²) in [5, 5.41) is 2.73. The van der Waals surface area contributed by atoms with Gasteiger partial charge < -0.3 is 5.32 Å². The largest absolute Gasteiger partial charge is 0.316 e. The van der Waals surface area contributed by atoms with Crippen molar-refractivity contribution in [1.29, 1.82) is 0 Å². The number of hydrogen-bond acceptors (Lipinski definition) is 4. The molecule has 0 rings (SSSR count). The van der Waals surface area contributed by atoms with Crippen LogP contribution in [0.1, 0.15) is 20.3 Å². The van der Waals surface area contributed by atoms with E-state index in [1.807, 2.05) is 0 Å². The van der Waals surface area contributed by atoms with Gasteiger partial charge in [0.25, 0.3) is 0 Å². The van der Waals surface area contributed by atoms with Crippen LogP contribution in [0.25, 0.3) is 0 Å². The third kappa shape index (κ3) is 7.93. The number of hydrogen-bond donors (Lipinski definition) is 1. The zero-order valence-corrected chi connectivity index (χ0v) is 11.3. The Hall–Kier alpha value is 0.0600. The fraction of sp³-hybridized carbons (Fsp3) is 1.00. The minimum absolute atomic E-state index is 0.180. The number of nitrogens with one attached hydrogen (secondary N) is 1. The van der Waals surface area contributed by atoms with Gasteiger partial charge in [0.05, 0.1) is 11.0 Å². The molecule has 0 heterocycles. The van der Waals surface area contributed by atoms with Gasteiger partial charge in [-0.2, -0.15) is 0 Å². The lowest BCUT2D eigenvalue weighted by molar-refractivity contribution is 0.582. The van der Waals surface area contributed by atoms with E-state index in [0.717, 1.165) is 13.0 Å². The summed E-state index contributed by atoms with van der Waals surface area (Å²) in [6.45, 7) is 4.59. The van der Waals surface area contributed by atoms with Crippen molar-refractivity contribution in [2.24, 2.45) is 0 Å². The Labute approximate surface area is 95.2 Å². The summed E-state index contributed by atoms with van der Waals surface area (Å²) in [5.41, 5.74) is 0. The molecule has 0 radical (unpaired) electrons. The third-order valence-electron chi connectivity index (χ3n) is 2.07. The smallest absolute Gasteiger partial charge is 0.153 e. The van der Waals surface area contributed by atoms with Gasteiger partial charge in [0.1, 0.15) is 0 Å².